The second-order valence-electron chi connectivity index (χ2n) is 7.33. The van der Waals surface area contributed by atoms with Gasteiger partial charge in [-0.15, -0.1) is 0 Å². The second kappa shape index (κ2) is 8.35. The van der Waals surface area contributed by atoms with Crippen molar-refractivity contribution in [3.05, 3.63) is 77.4 Å². The van der Waals surface area contributed by atoms with Crippen molar-refractivity contribution in [2.75, 3.05) is 10.4 Å². The van der Waals surface area contributed by atoms with Crippen LogP contribution in [0.25, 0.3) is 11.1 Å². The number of amides is 1. The molecule has 8 nitrogen and oxygen atoms in total. The van der Waals surface area contributed by atoms with Crippen LogP contribution in [0.3, 0.4) is 0 Å². The van der Waals surface area contributed by atoms with E-state index in [2.05, 4.69) is 15.6 Å². The van der Waals surface area contributed by atoms with Crippen molar-refractivity contribution >= 4 is 35.2 Å². The summed E-state index contributed by atoms with van der Waals surface area (Å²) in [7, 11) is 0. The van der Waals surface area contributed by atoms with Gasteiger partial charge in [-0.05, 0) is 60.9 Å². The molecular formula is C24H20N4O4. The maximum absolute atomic E-state index is 12.7. The van der Waals surface area contributed by atoms with Crippen LogP contribution in [-0.2, 0) is 4.79 Å². The van der Waals surface area contributed by atoms with Gasteiger partial charge in [0, 0.05) is 5.56 Å². The summed E-state index contributed by atoms with van der Waals surface area (Å²) >= 11 is 0. The fraction of sp³-hybridized carbons (Fsp3) is 0.0833. The Labute approximate surface area is 184 Å². The standard InChI is InChI=1S/C24H20N4O4/c1-14-9-10-18(11-15(14)2)28-23(30)21(13-25-28)27-26-17-6-3-5-16(12-17)19-7-4-8-20(22(19)29)24(31)32/h3-13,26,29H,1-2H3,(H,31,32)/b27-21-. The highest BCUT2D eigenvalue weighted by molar-refractivity contribution is 6.65. The SMILES string of the molecule is Cc1ccc(N2N=C/C(=N/Nc3cccc(-c4cccc(C(=O)O)c4O)c3)C2=O)cc1C. The van der Waals surface area contributed by atoms with Crippen molar-refractivity contribution < 1.29 is 19.8 Å². The molecule has 0 fully saturated rings. The number of hydrogen-bond donors (Lipinski definition) is 3. The van der Waals surface area contributed by atoms with Crippen molar-refractivity contribution in [1.82, 2.24) is 0 Å². The molecule has 0 aliphatic carbocycles. The van der Waals surface area contributed by atoms with Crippen LogP contribution in [0.2, 0.25) is 0 Å². The third-order valence-electron chi connectivity index (χ3n) is 5.19. The molecule has 0 bridgehead atoms. The first-order valence-electron chi connectivity index (χ1n) is 9.80. The average Bonchev–Trinajstić information content (AvgIpc) is 3.14. The van der Waals surface area contributed by atoms with Crippen molar-refractivity contribution in [3.63, 3.8) is 0 Å². The quantitative estimate of drug-likeness (QED) is 0.528. The Hall–Kier alpha value is -4.46. The number of benzene rings is 3. The molecule has 0 radical (unpaired) electrons. The molecule has 3 aromatic carbocycles. The van der Waals surface area contributed by atoms with Gasteiger partial charge in [-0.1, -0.05) is 30.3 Å². The minimum Gasteiger partial charge on any atom is -0.506 e. The third kappa shape index (κ3) is 3.93. The molecule has 3 aromatic rings. The number of carboxylic acids is 1. The summed E-state index contributed by atoms with van der Waals surface area (Å²) in [4.78, 5) is 24.0. The van der Waals surface area contributed by atoms with Crippen LogP contribution in [0.5, 0.6) is 5.75 Å². The maximum Gasteiger partial charge on any atom is 0.339 e. The number of para-hydroxylation sites is 1. The average molecular weight is 428 g/mol. The fourth-order valence-corrected chi connectivity index (χ4v) is 3.28. The van der Waals surface area contributed by atoms with E-state index in [-0.39, 0.29) is 22.9 Å². The van der Waals surface area contributed by atoms with Gasteiger partial charge >= 0.3 is 11.9 Å². The summed E-state index contributed by atoms with van der Waals surface area (Å²) < 4.78 is 0. The zero-order valence-electron chi connectivity index (χ0n) is 17.4. The molecule has 0 saturated heterocycles. The van der Waals surface area contributed by atoms with E-state index in [1.165, 1.54) is 17.3 Å². The summed E-state index contributed by atoms with van der Waals surface area (Å²) in [5.74, 6) is -1.88. The molecule has 160 valence electrons. The number of phenols is 1. The van der Waals surface area contributed by atoms with Gasteiger partial charge in [0.2, 0.25) is 0 Å². The van der Waals surface area contributed by atoms with Gasteiger partial charge in [0.25, 0.3) is 0 Å². The molecular weight excluding hydrogens is 408 g/mol. The number of aryl methyl sites for hydroxylation is 2. The van der Waals surface area contributed by atoms with Gasteiger partial charge in [-0.3, -0.25) is 10.2 Å². The number of aromatic carboxylic acids is 1. The summed E-state index contributed by atoms with van der Waals surface area (Å²) in [5, 5.41) is 29.1. The molecule has 1 amide bonds. The number of aromatic hydroxyl groups is 1. The highest BCUT2D eigenvalue weighted by Gasteiger charge is 2.26. The fourth-order valence-electron chi connectivity index (χ4n) is 3.28. The lowest BCUT2D eigenvalue weighted by molar-refractivity contribution is -0.112. The van der Waals surface area contributed by atoms with E-state index in [1.54, 1.807) is 36.4 Å². The number of nitrogens with zero attached hydrogens (tertiary/aromatic N) is 3. The summed E-state index contributed by atoms with van der Waals surface area (Å²) in [6.45, 7) is 3.97. The lowest BCUT2D eigenvalue weighted by Gasteiger charge is -2.13. The predicted octanol–water partition coefficient (Wildman–Crippen LogP) is 4.17. The molecule has 4 rings (SSSR count). The number of rotatable bonds is 5. The van der Waals surface area contributed by atoms with Gasteiger partial charge in [-0.2, -0.15) is 15.2 Å². The Morgan fingerprint density at radius 1 is 1.03 bits per heavy atom. The Morgan fingerprint density at radius 3 is 2.56 bits per heavy atom. The van der Waals surface area contributed by atoms with E-state index in [9.17, 15) is 19.8 Å². The van der Waals surface area contributed by atoms with Gasteiger partial charge in [-0.25, -0.2) is 4.79 Å². The largest absolute Gasteiger partial charge is 0.506 e. The highest BCUT2D eigenvalue weighted by atomic mass is 16.4. The van der Waals surface area contributed by atoms with Gasteiger partial charge in [0.15, 0.2) is 5.71 Å². The van der Waals surface area contributed by atoms with Gasteiger partial charge in [0.05, 0.1) is 17.6 Å². The molecule has 0 spiro atoms. The molecule has 8 heteroatoms. The van der Waals surface area contributed by atoms with Crippen molar-refractivity contribution in [2.24, 2.45) is 10.2 Å². The molecule has 0 atom stereocenters. The van der Waals surface area contributed by atoms with Crippen LogP contribution >= 0.6 is 0 Å². The van der Waals surface area contributed by atoms with Crippen molar-refractivity contribution in [3.8, 4) is 16.9 Å². The topological polar surface area (TPSA) is 115 Å². The minimum atomic E-state index is -1.21. The summed E-state index contributed by atoms with van der Waals surface area (Å²) in [6, 6.07) is 17.1. The van der Waals surface area contributed by atoms with Crippen LogP contribution in [0.4, 0.5) is 11.4 Å². The second-order valence-corrected chi connectivity index (χ2v) is 7.33. The van der Waals surface area contributed by atoms with E-state index in [0.717, 1.165) is 11.1 Å². The van der Waals surface area contributed by atoms with Gasteiger partial charge < -0.3 is 10.2 Å². The molecule has 0 saturated carbocycles. The number of nitrogens with one attached hydrogen (secondary N) is 1. The molecule has 32 heavy (non-hydrogen) atoms. The van der Waals surface area contributed by atoms with Crippen molar-refractivity contribution in [2.45, 2.75) is 13.8 Å². The van der Waals surface area contributed by atoms with Crippen LogP contribution in [0.1, 0.15) is 21.5 Å². The van der Waals surface area contributed by atoms with Crippen LogP contribution in [0, 0.1) is 13.8 Å². The van der Waals surface area contributed by atoms with E-state index < -0.39 is 5.97 Å². The normalized spacial score (nSPS) is 14.2. The Morgan fingerprint density at radius 2 is 1.81 bits per heavy atom. The zero-order chi connectivity index (χ0) is 22.8. The molecule has 1 aliphatic heterocycles. The number of carbonyl (C=O) groups is 2. The van der Waals surface area contributed by atoms with Gasteiger partial charge in [0.1, 0.15) is 11.3 Å². The first-order valence-corrected chi connectivity index (χ1v) is 9.80. The van der Waals surface area contributed by atoms with Crippen LogP contribution in [0.15, 0.2) is 70.9 Å². The van der Waals surface area contributed by atoms with E-state index in [4.69, 9.17) is 0 Å². The number of hydrogen-bond acceptors (Lipinski definition) is 6. The van der Waals surface area contributed by atoms with Crippen LogP contribution in [-0.4, -0.2) is 34.0 Å². The van der Waals surface area contributed by atoms with E-state index in [0.29, 0.717) is 22.5 Å². The summed E-state index contributed by atoms with van der Waals surface area (Å²) in [5.41, 5.74) is 7.16. The highest BCUT2D eigenvalue weighted by Crippen LogP contribution is 2.33. The number of carboxylic acid groups (broad SMARTS) is 1. The van der Waals surface area contributed by atoms with Crippen molar-refractivity contribution in [1.29, 1.82) is 0 Å². The Balaban J connectivity index is 1.55. The minimum absolute atomic E-state index is 0.143. The number of hydrazone groups is 2. The lowest BCUT2D eigenvalue weighted by Crippen LogP contribution is -2.26. The lowest BCUT2D eigenvalue weighted by atomic mass is 10.0. The number of carbonyl (C=O) groups excluding carboxylic acids is 1. The predicted molar refractivity (Wildman–Crippen MR) is 123 cm³/mol. The number of anilines is 2. The molecule has 1 aliphatic rings. The first kappa shape index (κ1) is 20.8. The molecule has 1 heterocycles. The maximum atomic E-state index is 12.7. The Bertz CT molecular complexity index is 1300. The summed E-state index contributed by atoms with van der Waals surface area (Å²) in [6.07, 6.45) is 1.39. The smallest absolute Gasteiger partial charge is 0.339 e. The third-order valence-corrected chi connectivity index (χ3v) is 5.19. The van der Waals surface area contributed by atoms with E-state index >= 15 is 0 Å². The van der Waals surface area contributed by atoms with E-state index in [1.807, 2.05) is 32.0 Å². The first-order chi connectivity index (χ1) is 15.3. The molecule has 3 N–H and O–H groups in total. The molecule has 0 unspecified atom stereocenters. The van der Waals surface area contributed by atoms with Crippen LogP contribution < -0.4 is 10.4 Å². The Kier molecular flexibility index (Phi) is 5.43. The molecule has 0 aromatic heterocycles. The monoisotopic (exact) mass is 428 g/mol. The zero-order valence-corrected chi connectivity index (χ0v) is 17.4.